The van der Waals surface area contributed by atoms with Crippen molar-refractivity contribution in [3.8, 4) is 28.6 Å². The number of para-hydroxylation sites is 3. The van der Waals surface area contributed by atoms with Crippen LogP contribution in [0.5, 0.6) is 0 Å². The summed E-state index contributed by atoms with van der Waals surface area (Å²) in [7, 11) is 0. The summed E-state index contributed by atoms with van der Waals surface area (Å²) in [4.78, 5) is 0. The zero-order valence-electron chi connectivity index (χ0n) is 32.4. The van der Waals surface area contributed by atoms with Crippen LogP contribution in [0.4, 0.5) is 13.2 Å². The van der Waals surface area contributed by atoms with Gasteiger partial charge in [-0.1, -0.05) is 97.9 Å². The lowest BCUT2D eigenvalue weighted by atomic mass is 9.85. The molecule has 0 saturated heterocycles. The highest BCUT2D eigenvalue weighted by molar-refractivity contribution is 6.09. The van der Waals surface area contributed by atoms with Crippen LogP contribution in [-0.4, -0.2) is 13.7 Å². The van der Waals surface area contributed by atoms with Gasteiger partial charge < -0.3 is 13.7 Å². The van der Waals surface area contributed by atoms with Crippen LogP contribution < -0.4 is 0 Å². The van der Waals surface area contributed by atoms with Gasteiger partial charge in [-0.25, -0.2) is 0 Å². The summed E-state index contributed by atoms with van der Waals surface area (Å²) >= 11 is 0. The number of allylic oxidation sites excluding steroid dienone is 2. The van der Waals surface area contributed by atoms with Crippen molar-refractivity contribution in [3.63, 3.8) is 0 Å². The van der Waals surface area contributed by atoms with Gasteiger partial charge in [-0.2, -0.15) is 18.4 Å². The number of nitrogens with zero attached hydrogens (tertiary/aromatic N) is 4. The molecule has 2 aliphatic carbocycles. The van der Waals surface area contributed by atoms with Gasteiger partial charge in [0.1, 0.15) is 0 Å². The van der Waals surface area contributed by atoms with Crippen LogP contribution >= 0.6 is 0 Å². The molecule has 2 atom stereocenters. The fraction of sp³-hybridized carbons (Fsp3) is 0.135. The first-order valence-corrected chi connectivity index (χ1v) is 20.0. The van der Waals surface area contributed by atoms with Gasteiger partial charge in [-0.05, 0) is 103 Å². The predicted octanol–water partition coefficient (Wildman–Crippen LogP) is 13.4. The summed E-state index contributed by atoms with van der Waals surface area (Å²) in [5, 5.41) is 14.1. The highest BCUT2D eigenvalue weighted by Crippen LogP contribution is 2.45. The Bertz CT molecular complexity index is 3250. The number of hydrogen-bond acceptors (Lipinski definition) is 1. The van der Waals surface area contributed by atoms with Crippen molar-refractivity contribution in [1.29, 1.82) is 5.26 Å². The van der Waals surface area contributed by atoms with Crippen molar-refractivity contribution < 1.29 is 13.2 Å². The lowest BCUT2D eigenvalue weighted by Crippen LogP contribution is -2.34. The Morgan fingerprint density at radius 2 is 1.32 bits per heavy atom. The first-order chi connectivity index (χ1) is 28.6. The zero-order valence-corrected chi connectivity index (χ0v) is 32.4. The lowest BCUT2D eigenvalue weighted by Gasteiger charge is -2.35. The minimum atomic E-state index is -4.61. The van der Waals surface area contributed by atoms with Gasteiger partial charge in [0.15, 0.2) is 0 Å². The zero-order chi connectivity index (χ0) is 40.2. The van der Waals surface area contributed by atoms with Crippen LogP contribution in [-0.2, 0) is 24.6 Å². The molecule has 2 aliphatic rings. The minimum absolute atomic E-state index is 0.0263. The summed E-state index contributed by atoms with van der Waals surface area (Å²) in [5.41, 5.74) is 10.6. The molecule has 0 amide bonds. The van der Waals surface area contributed by atoms with Crippen molar-refractivity contribution in [2.75, 3.05) is 0 Å². The van der Waals surface area contributed by atoms with Crippen LogP contribution in [0, 0.1) is 17.2 Å². The summed E-state index contributed by atoms with van der Waals surface area (Å²) in [6.45, 7) is 4.62. The molecule has 9 aromatic rings. The average molecular weight is 775 g/mol. The third-order valence-electron chi connectivity index (χ3n) is 12.6. The van der Waals surface area contributed by atoms with Crippen LogP contribution in [0.1, 0.15) is 47.5 Å². The predicted molar refractivity (Wildman–Crippen MR) is 233 cm³/mol. The quantitative estimate of drug-likeness (QED) is 0.175. The standard InChI is InChI=1S/C52H37F3N4/c1-32-15-22-41-40-11-5-8-14-49(40)59(50(41)27-32)51(2)26-25-48-43(30-51)42-29-36(58-45-12-6-3-9-38(45)39-10-4-7-13-46(39)58)21-24-47(42)57(48)35-19-17-34(18-20-35)37-23-16-33(31-56)28-44(37)52(53,54)55/h3-26,28-29,32H,27,30H2,1-2H3. The number of hydrogen-bond donors (Lipinski definition) is 0. The summed E-state index contributed by atoms with van der Waals surface area (Å²) in [5.74, 6) is 0.424. The monoisotopic (exact) mass is 774 g/mol. The molecule has 0 N–H and O–H groups in total. The van der Waals surface area contributed by atoms with E-state index in [0.29, 0.717) is 11.5 Å². The molecule has 3 aromatic heterocycles. The van der Waals surface area contributed by atoms with E-state index in [9.17, 15) is 18.4 Å². The Kier molecular flexibility index (Phi) is 7.58. The molecule has 2 unspecified atom stereocenters. The number of halogens is 3. The van der Waals surface area contributed by atoms with Crippen LogP contribution in [0.25, 0.3) is 78.3 Å². The topological polar surface area (TPSA) is 38.6 Å². The molecule has 6 aromatic carbocycles. The maximum atomic E-state index is 14.3. The molecule has 59 heavy (non-hydrogen) atoms. The van der Waals surface area contributed by atoms with E-state index in [1.807, 2.05) is 18.2 Å². The van der Waals surface area contributed by atoms with E-state index < -0.39 is 11.7 Å². The van der Waals surface area contributed by atoms with Gasteiger partial charge in [0.2, 0.25) is 0 Å². The van der Waals surface area contributed by atoms with Crippen LogP contribution in [0.2, 0.25) is 0 Å². The fourth-order valence-electron chi connectivity index (χ4n) is 9.98. The summed E-state index contributed by atoms with van der Waals surface area (Å²) in [6.07, 6.45) is 6.29. The summed E-state index contributed by atoms with van der Waals surface area (Å²) in [6, 6.07) is 45.4. The van der Waals surface area contributed by atoms with Crippen molar-refractivity contribution in [3.05, 3.63) is 179 Å². The van der Waals surface area contributed by atoms with Gasteiger partial charge in [0.25, 0.3) is 0 Å². The SMILES string of the molecule is CC1C=Cc2c(n(C3(C)C=Cc4c(c5cc(-n6c7ccccc7c7ccccc76)ccc5n4-c4ccc(-c5ccc(C#N)cc5C(F)(F)F)cc4)C3)c3ccccc23)C1. The largest absolute Gasteiger partial charge is 0.417 e. The molecular weight excluding hydrogens is 738 g/mol. The van der Waals surface area contributed by atoms with E-state index in [1.54, 1.807) is 12.1 Å². The van der Waals surface area contributed by atoms with Crippen LogP contribution in [0.15, 0.2) is 146 Å². The smallest absolute Gasteiger partial charge is 0.334 e. The number of aromatic nitrogens is 3. The second-order valence-corrected chi connectivity index (χ2v) is 16.3. The Morgan fingerprint density at radius 1 is 0.678 bits per heavy atom. The van der Waals surface area contributed by atoms with E-state index in [1.165, 1.54) is 50.6 Å². The highest BCUT2D eigenvalue weighted by Gasteiger charge is 2.37. The van der Waals surface area contributed by atoms with E-state index in [-0.39, 0.29) is 16.7 Å². The third kappa shape index (κ3) is 5.29. The maximum absolute atomic E-state index is 14.3. The number of benzene rings is 6. The molecule has 0 bridgehead atoms. The molecule has 7 heteroatoms. The van der Waals surface area contributed by atoms with Crippen molar-refractivity contribution in [2.24, 2.45) is 5.92 Å². The third-order valence-corrected chi connectivity index (χ3v) is 12.6. The van der Waals surface area contributed by atoms with Crippen molar-refractivity contribution in [1.82, 2.24) is 13.7 Å². The second kappa shape index (κ2) is 12.7. The van der Waals surface area contributed by atoms with Gasteiger partial charge in [-0.15, -0.1) is 0 Å². The van der Waals surface area contributed by atoms with Gasteiger partial charge >= 0.3 is 6.18 Å². The Hall–Kier alpha value is -7.04. The lowest BCUT2D eigenvalue weighted by molar-refractivity contribution is -0.137. The molecule has 4 nitrogen and oxygen atoms in total. The van der Waals surface area contributed by atoms with Crippen molar-refractivity contribution >= 4 is 55.8 Å². The maximum Gasteiger partial charge on any atom is 0.417 e. The van der Waals surface area contributed by atoms with Gasteiger partial charge in [0.05, 0.1) is 39.3 Å². The Labute approximate surface area is 339 Å². The number of alkyl halides is 3. The molecule has 0 fully saturated rings. The first-order valence-electron chi connectivity index (χ1n) is 20.0. The Morgan fingerprint density at radius 3 is 2.02 bits per heavy atom. The molecule has 0 spiro atoms. The average Bonchev–Trinajstić information content (AvgIpc) is 3.88. The minimum Gasteiger partial charge on any atom is -0.334 e. The van der Waals surface area contributed by atoms with E-state index >= 15 is 0 Å². The number of rotatable bonds is 4. The molecule has 0 aliphatic heterocycles. The van der Waals surface area contributed by atoms with Crippen molar-refractivity contribution in [2.45, 2.75) is 38.4 Å². The fourth-order valence-corrected chi connectivity index (χ4v) is 9.98. The molecule has 286 valence electrons. The highest BCUT2D eigenvalue weighted by atomic mass is 19.4. The molecule has 0 saturated carbocycles. The van der Waals surface area contributed by atoms with Gasteiger partial charge in [-0.3, -0.25) is 0 Å². The number of fused-ring (bicyclic) bond motifs is 9. The van der Waals surface area contributed by atoms with E-state index in [2.05, 4.69) is 143 Å². The normalized spacial score (nSPS) is 17.5. The van der Waals surface area contributed by atoms with Gasteiger partial charge in [0, 0.05) is 61.8 Å². The second-order valence-electron chi connectivity index (χ2n) is 16.3. The number of nitriles is 1. The molecule has 0 radical (unpaired) electrons. The van der Waals surface area contributed by atoms with Crippen LogP contribution in [0.3, 0.4) is 0 Å². The van der Waals surface area contributed by atoms with E-state index in [0.717, 1.165) is 57.9 Å². The first kappa shape index (κ1) is 35.1. The molecule has 11 rings (SSSR count). The molecule has 3 heterocycles. The summed E-state index contributed by atoms with van der Waals surface area (Å²) < 4.78 is 49.9. The van der Waals surface area contributed by atoms with E-state index in [4.69, 9.17) is 0 Å². The Balaban J connectivity index is 1.12. The molecular formula is C52H37F3N4.